The van der Waals surface area contributed by atoms with Crippen molar-refractivity contribution in [2.75, 3.05) is 12.4 Å². The molecule has 0 aliphatic carbocycles. The number of hydrogen-bond acceptors (Lipinski definition) is 3. The predicted octanol–water partition coefficient (Wildman–Crippen LogP) is 7.06. The highest BCUT2D eigenvalue weighted by molar-refractivity contribution is 5.99. The number of rotatable bonds is 1. The Morgan fingerprint density at radius 3 is 2.25 bits per heavy atom. The zero-order chi connectivity index (χ0) is 20.9. The fraction of sp³-hybridized carbons (Fsp3) is 0.320. The van der Waals surface area contributed by atoms with Gasteiger partial charge in [-0.05, 0) is 46.2 Å². The number of carbonyl (C=O) groups excluding carboxylic acids is 1. The van der Waals surface area contributed by atoms with E-state index < -0.39 is 0 Å². The molecule has 3 nitrogen and oxygen atoms in total. The second-order valence-electron chi connectivity index (χ2n) is 6.71. The second-order valence-corrected chi connectivity index (χ2v) is 6.71. The molecule has 0 bridgehead atoms. The maximum atomic E-state index is 11.8. The molecule has 0 unspecified atom stereocenters. The van der Waals surface area contributed by atoms with E-state index in [1.807, 2.05) is 45.9 Å². The molecule has 3 aromatic carbocycles. The Kier molecular flexibility index (Phi) is 6.85. The molecule has 0 atom stereocenters. The third-order valence-electron chi connectivity index (χ3n) is 4.94. The molecule has 0 saturated carbocycles. The summed E-state index contributed by atoms with van der Waals surface area (Å²) in [5, 5.41) is 5.75. The van der Waals surface area contributed by atoms with Crippen molar-refractivity contribution in [3.63, 3.8) is 0 Å². The van der Waals surface area contributed by atoms with Crippen LogP contribution in [-0.2, 0) is 10.2 Å². The van der Waals surface area contributed by atoms with Crippen LogP contribution >= 0.6 is 0 Å². The smallest absolute Gasteiger partial charge is 0.337 e. The molecular weight excluding hydrogens is 346 g/mol. The maximum Gasteiger partial charge on any atom is 0.337 e. The van der Waals surface area contributed by atoms with Crippen molar-refractivity contribution < 1.29 is 9.53 Å². The van der Waals surface area contributed by atoms with Crippen molar-refractivity contribution in [1.82, 2.24) is 0 Å². The van der Waals surface area contributed by atoms with E-state index in [1.165, 1.54) is 18.2 Å². The van der Waals surface area contributed by atoms with Gasteiger partial charge < -0.3 is 10.1 Å². The average molecular weight is 378 g/mol. The number of benzene rings is 3. The van der Waals surface area contributed by atoms with Crippen LogP contribution in [0.2, 0.25) is 0 Å². The van der Waals surface area contributed by atoms with Gasteiger partial charge in [0.15, 0.2) is 0 Å². The molecular formula is C25H31NO2. The Bertz CT molecular complexity index is 973. The third-order valence-corrected chi connectivity index (χ3v) is 4.94. The average Bonchev–Trinajstić information content (AvgIpc) is 2.75. The lowest BCUT2D eigenvalue weighted by Crippen LogP contribution is -2.26. The highest BCUT2D eigenvalue weighted by Gasteiger charge is 2.33. The number of hydrogen-bond donors (Lipinski definition) is 1. The van der Waals surface area contributed by atoms with Crippen LogP contribution < -0.4 is 5.32 Å². The van der Waals surface area contributed by atoms with Crippen molar-refractivity contribution in [3.8, 4) is 0 Å². The van der Waals surface area contributed by atoms with Crippen LogP contribution in [0.15, 0.2) is 54.6 Å². The van der Waals surface area contributed by atoms with Crippen LogP contribution in [0.1, 0.15) is 63.0 Å². The van der Waals surface area contributed by atoms with Crippen molar-refractivity contribution in [1.29, 1.82) is 0 Å². The van der Waals surface area contributed by atoms with E-state index in [2.05, 4.69) is 55.6 Å². The number of nitrogens with one attached hydrogen (secondary N) is 1. The van der Waals surface area contributed by atoms with E-state index in [-0.39, 0.29) is 11.4 Å². The number of ether oxygens (including phenoxy) is 1. The van der Waals surface area contributed by atoms with E-state index in [0.717, 1.165) is 22.1 Å². The monoisotopic (exact) mass is 377 g/mol. The quantitative estimate of drug-likeness (QED) is 0.461. The summed E-state index contributed by atoms with van der Waals surface area (Å²) in [6.45, 7) is 12.5. The van der Waals surface area contributed by atoms with Gasteiger partial charge in [0.2, 0.25) is 0 Å². The van der Waals surface area contributed by atoms with Crippen molar-refractivity contribution in [3.05, 3.63) is 71.3 Å². The molecule has 0 saturated heterocycles. The number of methoxy groups -OCH3 is 1. The number of anilines is 2. The molecule has 3 aromatic rings. The van der Waals surface area contributed by atoms with Gasteiger partial charge in [-0.3, -0.25) is 0 Å². The molecule has 1 N–H and O–H groups in total. The number of carbonyl (C=O) groups is 1. The van der Waals surface area contributed by atoms with E-state index in [9.17, 15) is 4.79 Å². The topological polar surface area (TPSA) is 38.3 Å². The Morgan fingerprint density at radius 2 is 1.57 bits per heavy atom. The minimum absolute atomic E-state index is 0.122. The molecule has 148 valence electrons. The van der Waals surface area contributed by atoms with Crippen molar-refractivity contribution in [2.24, 2.45) is 0 Å². The Hall–Kier alpha value is -2.81. The van der Waals surface area contributed by atoms with Crippen LogP contribution in [0.4, 0.5) is 11.4 Å². The maximum absolute atomic E-state index is 11.8. The summed E-state index contributed by atoms with van der Waals surface area (Å²) in [4.78, 5) is 11.8. The van der Waals surface area contributed by atoms with Crippen LogP contribution in [0.25, 0.3) is 10.8 Å². The lowest BCUT2D eigenvalue weighted by atomic mass is 9.72. The summed E-state index contributed by atoms with van der Waals surface area (Å²) in [6.07, 6.45) is 0. The first-order valence-corrected chi connectivity index (χ1v) is 10.0. The van der Waals surface area contributed by atoms with Gasteiger partial charge in [-0.2, -0.15) is 0 Å². The molecule has 0 fully saturated rings. The normalized spacial score (nSPS) is 12.8. The van der Waals surface area contributed by atoms with Gasteiger partial charge in [0, 0.05) is 16.8 Å². The largest absolute Gasteiger partial charge is 0.465 e. The fourth-order valence-corrected chi connectivity index (χ4v) is 3.77. The first-order chi connectivity index (χ1) is 13.5. The third kappa shape index (κ3) is 3.62. The molecule has 0 amide bonds. The molecule has 28 heavy (non-hydrogen) atoms. The lowest BCUT2D eigenvalue weighted by Gasteiger charge is -2.36. The standard InChI is InChI=1S/C21H19NO2.2C2H6/c1-21(2)16-6-4-5-7-17(16)22-18-11-9-13-12-14(20(23)24-3)8-10-15(13)19(18)21;2*1-2/h4-12,22H,1-3H3;2*1-2H3. The summed E-state index contributed by atoms with van der Waals surface area (Å²) in [6, 6.07) is 18.3. The summed E-state index contributed by atoms with van der Waals surface area (Å²) in [7, 11) is 1.41. The molecule has 1 aliphatic heterocycles. The lowest BCUT2D eigenvalue weighted by molar-refractivity contribution is 0.0601. The molecule has 1 aliphatic rings. The van der Waals surface area contributed by atoms with Gasteiger partial charge in [0.05, 0.1) is 12.7 Å². The summed E-state index contributed by atoms with van der Waals surface area (Å²) >= 11 is 0. The van der Waals surface area contributed by atoms with Crippen molar-refractivity contribution >= 4 is 28.1 Å². The summed E-state index contributed by atoms with van der Waals surface area (Å²) in [5.74, 6) is -0.308. The minimum Gasteiger partial charge on any atom is -0.465 e. The van der Waals surface area contributed by atoms with Crippen LogP contribution in [0.3, 0.4) is 0 Å². The SMILES string of the molecule is CC.CC.COC(=O)c1ccc2c3c(ccc2c1)Nc1ccccc1C3(C)C. The molecule has 0 radical (unpaired) electrons. The van der Waals surface area contributed by atoms with Gasteiger partial charge in [-0.15, -0.1) is 0 Å². The minimum atomic E-state index is -0.308. The Labute approximate surface area is 168 Å². The highest BCUT2D eigenvalue weighted by Crippen LogP contribution is 2.48. The Balaban J connectivity index is 0.000000660. The van der Waals surface area contributed by atoms with E-state index in [0.29, 0.717) is 5.56 Å². The van der Waals surface area contributed by atoms with E-state index >= 15 is 0 Å². The zero-order valence-electron chi connectivity index (χ0n) is 18.0. The van der Waals surface area contributed by atoms with Gasteiger partial charge in [-0.25, -0.2) is 4.79 Å². The molecule has 4 rings (SSSR count). The molecule has 0 spiro atoms. The first kappa shape index (κ1) is 21.5. The van der Waals surface area contributed by atoms with Gasteiger partial charge in [-0.1, -0.05) is 71.9 Å². The summed E-state index contributed by atoms with van der Waals surface area (Å²) < 4.78 is 4.83. The van der Waals surface area contributed by atoms with Gasteiger partial charge in [0.25, 0.3) is 0 Å². The number of fused-ring (bicyclic) bond motifs is 4. The second kappa shape index (κ2) is 8.92. The highest BCUT2D eigenvalue weighted by atomic mass is 16.5. The molecule has 1 heterocycles. The molecule has 3 heteroatoms. The van der Waals surface area contributed by atoms with Crippen molar-refractivity contribution in [2.45, 2.75) is 47.0 Å². The van der Waals surface area contributed by atoms with E-state index in [4.69, 9.17) is 4.74 Å². The Morgan fingerprint density at radius 1 is 0.893 bits per heavy atom. The van der Waals surface area contributed by atoms with Gasteiger partial charge >= 0.3 is 5.97 Å². The first-order valence-electron chi connectivity index (χ1n) is 10.0. The molecule has 0 aromatic heterocycles. The summed E-state index contributed by atoms with van der Waals surface area (Å²) in [5.41, 5.74) is 5.27. The van der Waals surface area contributed by atoms with Gasteiger partial charge in [0.1, 0.15) is 0 Å². The van der Waals surface area contributed by atoms with Crippen LogP contribution in [0, 0.1) is 0 Å². The number of esters is 1. The zero-order valence-corrected chi connectivity index (χ0v) is 18.0. The fourth-order valence-electron chi connectivity index (χ4n) is 3.77. The van der Waals surface area contributed by atoms with Crippen LogP contribution in [0.5, 0.6) is 0 Å². The van der Waals surface area contributed by atoms with Crippen LogP contribution in [-0.4, -0.2) is 13.1 Å². The number of para-hydroxylation sites is 1. The van der Waals surface area contributed by atoms with E-state index in [1.54, 1.807) is 0 Å². The predicted molar refractivity (Wildman–Crippen MR) is 120 cm³/mol.